The van der Waals surface area contributed by atoms with Gasteiger partial charge in [-0.2, -0.15) is 0 Å². The summed E-state index contributed by atoms with van der Waals surface area (Å²) < 4.78 is 12.8. The van der Waals surface area contributed by atoms with Crippen LogP contribution in [0.4, 0.5) is 0 Å². The van der Waals surface area contributed by atoms with Crippen molar-refractivity contribution in [1.29, 1.82) is 0 Å². The molecule has 0 aromatic heterocycles. The molecule has 1 N–H and O–H groups in total. The van der Waals surface area contributed by atoms with Gasteiger partial charge in [0.25, 0.3) is 0 Å². The summed E-state index contributed by atoms with van der Waals surface area (Å²) in [6.45, 7) is 3.07. The van der Waals surface area contributed by atoms with Crippen molar-refractivity contribution in [2.24, 2.45) is 0 Å². The van der Waals surface area contributed by atoms with Crippen molar-refractivity contribution < 1.29 is 4.21 Å². The fourth-order valence-corrected chi connectivity index (χ4v) is 4.85. The molecule has 3 rings (SSSR count). The van der Waals surface area contributed by atoms with Crippen LogP contribution in [0.15, 0.2) is 47.4 Å². The molecule has 1 fully saturated rings. The molecule has 1 aliphatic rings. The van der Waals surface area contributed by atoms with E-state index in [9.17, 15) is 4.21 Å². The lowest BCUT2D eigenvalue weighted by Gasteiger charge is -2.20. The van der Waals surface area contributed by atoms with Gasteiger partial charge in [-0.05, 0) is 42.3 Å². The predicted molar refractivity (Wildman–Crippen MR) is 85.5 cm³/mol. The molecule has 1 saturated carbocycles. The normalized spacial score (nSPS) is 24.1. The second-order valence-electron chi connectivity index (χ2n) is 5.44. The zero-order chi connectivity index (χ0) is 13.9. The average Bonchev–Trinajstić information content (AvgIpc) is 2.94. The molecule has 0 saturated heterocycles. The summed E-state index contributed by atoms with van der Waals surface area (Å²) in [6.07, 6.45) is 3.40. The molecule has 106 valence electrons. The van der Waals surface area contributed by atoms with Crippen LogP contribution in [0.25, 0.3) is 10.8 Å². The van der Waals surface area contributed by atoms with E-state index in [1.54, 1.807) is 0 Å². The quantitative estimate of drug-likeness (QED) is 0.933. The molecule has 0 spiro atoms. The van der Waals surface area contributed by atoms with Crippen LogP contribution in [0, 0.1) is 0 Å². The molecule has 0 aliphatic heterocycles. The number of benzene rings is 2. The van der Waals surface area contributed by atoms with Gasteiger partial charge in [0.05, 0.1) is 16.0 Å². The minimum Gasteiger partial charge on any atom is -0.313 e. The van der Waals surface area contributed by atoms with Crippen LogP contribution in [-0.2, 0) is 10.8 Å². The van der Waals surface area contributed by atoms with Gasteiger partial charge in [0.15, 0.2) is 0 Å². The topological polar surface area (TPSA) is 29.1 Å². The summed E-state index contributed by atoms with van der Waals surface area (Å²) >= 11 is 0. The summed E-state index contributed by atoms with van der Waals surface area (Å²) in [4.78, 5) is 0.971. The third-order valence-corrected chi connectivity index (χ3v) is 5.98. The number of fused-ring (bicyclic) bond motifs is 1. The highest BCUT2D eigenvalue weighted by atomic mass is 32.2. The van der Waals surface area contributed by atoms with Gasteiger partial charge in [0.2, 0.25) is 0 Å². The van der Waals surface area contributed by atoms with Gasteiger partial charge in [0, 0.05) is 10.9 Å². The number of nitrogens with one attached hydrogen (secondary N) is 1. The third kappa shape index (κ3) is 2.65. The molecule has 2 aromatic rings. The minimum absolute atomic E-state index is 0.260. The molecule has 3 unspecified atom stereocenters. The highest BCUT2D eigenvalue weighted by Gasteiger charge is 2.31. The molecule has 2 nitrogen and oxygen atoms in total. The van der Waals surface area contributed by atoms with Crippen molar-refractivity contribution >= 4 is 21.6 Å². The second-order valence-corrected chi connectivity index (χ2v) is 7.11. The highest BCUT2D eigenvalue weighted by Crippen LogP contribution is 2.28. The maximum Gasteiger partial charge on any atom is 0.0576 e. The third-order valence-electron chi connectivity index (χ3n) is 4.15. The maximum atomic E-state index is 12.8. The van der Waals surface area contributed by atoms with E-state index in [0.717, 1.165) is 24.3 Å². The van der Waals surface area contributed by atoms with Crippen LogP contribution < -0.4 is 5.32 Å². The lowest BCUT2D eigenvalue weighted by atomic mass is 10.1. The molecular weight excluding hydrogens is 266 g/mol. The highest BCUT2D eigenvalue weighted by molar-refractivity contribution is 7.85. The van der Waals surface area contributed by atoms with E-state index in [-0.39, 0.29) is 5.25 Å². The zero-order valence-electron chi connectivity index (χ0n) is 11.8. The molecular formula is C17H21NOS. The van der Waals surface area contributed by atoms with E-state index in [0.29, 0.717) is 6.04 Å². The van der Waals surface area contributed by atoms with Crippen molar-refractivity contribution in [3.05, 3.63) is 42.5 Å². The van der Waals surface area contributed by atoms with E-state index < -0.39 is 10.8 Å². The van der Waals surface area contributed by atoms with Crippen LogP contribution in [0.2, 0.25) is 0 Å². The summed E-state index contributed by atoms with van der Waals surface area (Å²) in [5.74, 6) is 0. The Morgan fingerprint density at radius 2 is 1.95 bits per heavy atom. The van der Waals surface area contributed by atoms with Crippen LogP contribution in [0.1, 0.15) is 26.2 Å². The second kappa shape index (κ2) is 6.06. The molecule has 0 amide bonds. The number of hydrogen-bond donors (Lipinski definition) is 1. The standard InChI is InChI=1S/C17H21NOS/c1-2-18-16-8-5-9-17(16)20(19)15-11-10-13-6-3-4-7-14(13)12-15/h3-4,6-7,10-12,16-18H,2,5,8-9H2,1H3. The lowest BCUT2D eigenvalue weighted by molar-refractivity contribution is 0.541. The number of rotatable bonds is 4. The Labute approximate surface area is 123 Å². The van der Waals surface area contributed by atoms with Gasteiger partial charge in [-0.15, -0.1) is 0 Å². The Kier molecular flexibility index (Phi) is 4.18. The summed E-state index contributed by atoms with van der Waals surface area (Å²) in [5, 5.41) is 6.14. The largest absolute Gasteiger partial charge is 0.313 e. The summed E-state index contributed by atoms with van der Waals surface area (Å²) in [7, 11) is -0.909. The van der Waals surface area contributed by atoms with Crippen LogP contribution in [-0.4, -0.2) is 22.0 Å². The molecule has 3 atom stereocenters. The van der Waals surface area contributed by atoms with E-state index in [1.165, 1.54) is 17.2 Å². The Morgan fingerprint density at radius 1 is 1.15 bits per heavy atom. The minimum atomic E-state index is -0.909. The fourth-order valence-electron chi connectivity index (χ4n) is 3.15. The number of hydrogen-bond acceptors (Lipinski definition) is 2. The first kappa shape index (κ1) is 13.8. The van der Waals surface area contributed by atoms with E-state index >= 15 is 0 Å². The van der Waals surface area contributed by atoms with Crippen molar-refractivity contribution in [2.75, 3.05) is 6.54 Å². The summed E-state index contributed by atoms with van der Waals surface area (Å²) in [5.41, 5.74) is 0. The van der Waals surface area contributed by atoms with Crippen LogP contribution in [0.5, 0.6) is 0 Å². The monoisotopic (exact) mass is 287 g/mol. The SMILES string of the molecule is CCNC1CCCC1S(=O)c1ccc2ccccc2c1. The van der Waals surface area contributed by atoms with Gasteiger partial charge < -0.3 is 5.32 Å². The van der Waals surface area contributed by atoms with Gasteiger partial charge in [-0.3, -0.25) is 4.21 Å². The van der Waals surface area contributed by atoms with Crippen molar-refractivity contribution in [3.63, 3.8) is 0 Å². The first-order valence-electron chi connectivity index (χ1n) is 7.42. The van der Waals surface area contributed by atoms with Crippen molar-refractivity contribution in [1.82, 2.24) is 5.32 Å². The zero-order valence-corrected chi connectivity index (χ0v) is 12.7. The Morgan fingerprint density at radius 3 is 2.75 bits per heavy atom. The van der Waals surface area contributed by atoms with Crippen LogP contribution in [0.3, 0.4) is 0 Å². The molecule has 0 heterocycles. The molecule has 0 bridgehead atoms. The molecule has 0 radical (unpaired) electrons. The molecule has 3 heteroatoms. The Hall–Kier alpha value is -1.19. The van der Waals surface area contributed by atoms with E-state index in [4.69, 9.17) is 0 Å². The lowest BCUT2D eigenvalue weighted by Crippen LogP contribution is -2.37. The van der Waals surface area contributed by atoms with Gasteiger partial charge >= 0.3 is 0 Å². The molecule has 20 heavy (non-hydrogen) atoms. The average molecular weight is 287 g/mol. The Bertz CT molecular complexity index is 625. The first-order chi connectivity index (χ1) is 9.79. The molecule has 1 aliphatic carbocycles. The summed E-state index contributed by atoms with van der Waals surface area (Å²) in [6, 6.07) is 14.9. The maximum absolute atomic E-state index is 12.8. The molecule has 2 aromatic carbocycles. The van der Waals surface area contributed by atoms with Crippen LogP contribution >= 0.6 is 0 Å². The predicted octanol–water partition coefficient (Wildman–Crippen LogP) is 3.48. The van der Waals surface area contributed by atoms with Gasteiger partial charge in [0.1, 0.15) is 0 Å². The Balaban J connectivity index is 1.88. The smallest absolute Gasteiger partial charge is 0.0576 e. The van der Waals surface area contributed by atoms with E-state index in [2.05, 4.69) is 36.5 Å². The fraction of sp³-hybridized carbons (Fsp3) is 0.412. The van der Waals surface area contributed by atoms with Gasteiger partial charge in [-0.1, -0.05) is 43.7 Å². The van der Waals surface area contributed by atoms with E-state index in [1.807, 2.05) is 18.2 Å². The first-order valence-corrected chi connectivity index (χ1v) is 8.63. The van der Waals surface area contributed by atoms with Crippen molar-refractivity contribution in [2.45, 2.75) is 42.4 Å². The van der Waals surface area contributed by atoms with Crippen molar-refractivity contribution in [3.8, 4) is 0 Å². The van der Waals surface area contributed by atoms with Gasteiger partial charge in [-0.25, -0.2) is 0 Å².